The fourth-order valence-corrected chi connectivity index (χ4v) is 2.17. The maximum atomic E-state index is 12.9. The van der Waals surface area contributed by atoms with Gasteiger partial charge in [-0.05, 0) is 35.9 Å². The van der Waals surface area contributed by atoms with E-state index in [4.69, 9.17) is 0 Å². The first-order valence-corrected chi connectivity index (χ1v) is 7.32. The summed E-state index contributed by atoms with van der Waals surface area (Å²) in [4.78, 5) is 10.7. The van der Waals surface area contributed by atoms with Crippen molar-refractivity contribution in [3.63, 3.8) is 0 Å². The van der Waals surface area contributed by atoms with Gasteiger partial charge in [0.2, 0.25) is 5.95 Å². The molecular formula is C18H17FN4. The molecule has 23 heavy (non-hydrogen) atoms. The van der Waals surface area contributed by atoms with Gasteiger partial charge in [0.1, 0.15) is 11.6 Å². The lowest BCUT2D eigenvalue weighted by atomic mass is 10.2. The van der Waals surface area contributed by atoms with Crippen LogP contribution >= 0.6 is 0 Å². The summed E-state index contributed by atoms with van der Waals surface area (Å²) in [7, 11) is 1.93. The van der Waals surface area contributed by atoms with E-state index in [1.54, 1.807) is 18.3 Å². The van der Waals surface area contributed by atoms with Crippen molar-refractivity contribution in [3.8, 4) is 0 Å². The number of hydrogen-bond acceptors (Lipinski definition) is 4. The molecule has 0 saturated heterocycles. The third-order valence-corrected chi connectivity index (χ3v) is 3.47. The molecule has 0 saturated carbocycles. The van der Waals surface area contributed by atoms with Crippen LogP contribution in [0.15, 0.2) is 66.9 Å². The van der Waals surface area contributed by atoms with Crippen molar-refractivity contribution in [2.75, 3.05) is 17.3 Å². The van der Waals surface area contributed by atoms with Gasteiger partial charge < -0.3 is 10.2 Å². The molecule has 1 N–H and O–H groups in total. The molecular weight excluding hydrogens is 291 g/mol. The largest absolute Gasteiger partial charge is 0.366 e. The second-order valence-electron chi connectivity index (χ2n) is 5.12. The van der Waals surface area contributed by atoms with Crippen LogP contribution in [0.4, 0.5) is 21.8 Å². The van der Waals surface area contributed by atoms with Crippen molar-refractivity contribution < 1.29 is 4.39 Å². The van der Waals surface area contributed by atoms with Crippen molar-refractivity contribution in [2.45, 2.75) is 6.54 Å². The second kappa shape index (κ2) is 6.87. The Labute approximate surface area is 134 Å². The maximum Gasteiger partial charge on any atom is 0.231 e. The van der Waals surface area contributed by atoms with Crippen molar-refractivity contribution in [1.82, 2.24) is 9.97 Å². The molecule has 4 nitrogen and oxygen atoms in total. The van der Waals surface area contributed by atoms with Crippen LogP contribution in [-0.4, -0.2) is 17.0 Å². The zero-order chi connectivity index (χ0) is 16.1. The van der Waals surface area contributed by atoms with Crippen LogP contribution in [0.2, 0.25) is 0 Å². The normalized spacial score (nSPS) is 10.3. The quantitative estimate of drug-likeness (QED) is 0.773. The van der Waals surface area contributed by atoms with Crippen molar-refractivity contribution in [3.05, 3.63) is 78.2 Å². The summed E-state index contributed by atoms with van der Waals surface area (Å²) < 4.78 is 12.9. The number of aromatic nitrogens is 2. The van der Waals surface area contributed by atoms with Crippen molar-refractivity contribution in [1.29, 1.82) is 0 Å². The van der Waals surface area contributed by atoms with Gasteiger partial charge in [0.05, 0.1) is 0 Å². The number of hydrogen-bond donors (Lipinski definition) is 1. The summed E-state index contributed by atoms with van der Waals surface area (Å²) >= 11 is 0. The SMILES string of the molecule is CN(c1ccccc1)c1nccc(NCc2ccc(F)cc2)n1. The highest BCUT2D eigenvalue weighted by Gasteiger charge is 2.07. The third-order valence-electron chi connectivity index (χ3n) is 3.47. The molecule has 3 aromatic rings. The highest BCUT2D eigenvalue weighted by Crippen LogP contribution is 2.20. The topological polar surface area (TPSA) is 41.1 Å². The minimum atomic E-state index is -0.234. The molecule has 0 bridgehead atoms. The fourth-order valence-electron chi connectivity index (χ4n) is 2.17. The van der Waals surface area contributed by atoms with E-state index in [-0.39, 0.29) is 5.82 Å². The molecule has 0 unspecified atom stereocenters. The summed E-state index contributed by atoms with van der Waals surface area (Å²) in [5, 5.41) is 3.23. The van der Waals surface area contributed by atoms with Gasteiger partial charge in [0.25, 0.3) is 0 Å². The third kappa shape index (κ3) is 3.83. The fraction of sp³-hybridized carbons (Fsp3) is 0.111. The molecule has 0 spiro atoms. The molecule has 0 amide bonds. The monoisotopic (exact) mass is 308 g/mol. The molecule has 1 aromatic heterocycles. The Balaban J connectivity index is 1.71. The van der Waals surface area contributed by atoms with Gasteiger partial charge in [-0.3, -0.25) is 0 Å². The van der Waals surface area contributed by atoms with E-state index in [0.717, 1.165) is 17.1 Å². The summed E-state index contributed by atoms with van der Waals surface area (Å²) in [6.07, 6.45) is 1.72. The van der Waals surface area contributed by atoms with Gasteiger partial charge in [0.15, 0.2) is 0 Å². The Bertz CT molecular complexity index is 759. The van der Waals surface area contributed by atoms with Crippen LogP contribution in [0.5, 0.6) is 0 Å². The Kier molecular flexibility index (Phi) is 4.47. The van der Waals surface area contributed by atoms with Crippen LogP contribution in [-0.2, 0) is 6.54 Å². The van der Waals surface area contributed by atoms with Gasteiger partial charge in [-0.15, -0.1) is 0 Å². The van der Waals surface area contributed by atoms with Crippen LogP contribution in [0.1, 0.15) is 5.56 Å². The van der Waals surface area contributed by atoms with E-state index < -0.39 is 0 Å². The van der Waals surface area contributed by atoms with E-state index in [2.05, 4.69) is 15.3 Å². The predicted molar refractivity (Wildman–Crippen MR) is 90.3 cm³/mol. The molecule has 0 fully saturated rings. The lowest BCUT2D eigenvalue weighted by Crippen LogP contribution is -2.14. The highest BCUT2D eigenvalue weighted by molar-refractivity contribution is 5.57. The number of rotatable bonds is 5. The Hall–Kier alpha value is -2.95. The van der Waals surface area contributed by atoms with Gasteiger partial charge in [-0.25, -0.2) is 9.37 Å². The smallest absolute Gasteiger partial charge is 0.231 e. The van der Waals surface area contributed by atoms with Gasteiger partial charge >= 0.3 is 0 Å². The van der Waals surface area contributed by atoms with Crippen LogP contribution in [0.3, 0.4) is 0 Å². The van der Waals surface area contributed by atoms with Crippen molar-refractivity contribution >= 4 is 17.5 Å². The molecule has 5 heteroatoms. The first-order valence-electron chi connectivity index (χ1n) is 7.32. The molecule has 0 atom stereocenters. The van der Waals surface area contributed by atoms with E-state index >= 15 is 0 Å². The second-order valence-corrected chi connectivity index (χ2v) is 5.12. The molecule has 3 rings (SSSR count). The van der Waals surface area contributed by atoms with Crippen molar-refractivity contribution in [2.24, 2.45) is 0 Å². The van der Waals surface area contributed by atoms with Crippen LogP contribution < -0.4 is 10.2 Å². The number of anilines is 3. The maximum absolute atomic E-state index is 12.9. The summed E-state index contributed by atoms with van der Waals surface area (Å²) in [5.74, 6) is 1.10. The van der Waals surface area contributed by atoms with E-state index in [1.807, 2.05) is 48.3 Å². The molecule has 2 aromatic carbocycles. The average Bonchev–Trinajstić information content (AvgIpc) is 2.61. The molecule has 0 aliphatic carbocycles. The highest BCUT2D eigenvalue weighted by atomic mass is 19.1. The first-order chi connectivity index (χ1) is 11.2. The van der Waals surface area contributed by atoms with Crippen LogP contribution in [0.25, 0.3) is 0 Å². The Morgan fingerprint density at radius 1 is 1.00 bits per heavy atom. The lowest BCUT2D eigenvalue weighted by molar-refractivity contribution is 0.627. The number of nitrogens with one attached hydrogen (secondary N) is 1. The summed E-state index contributed by atoms with van der Waals surface area (Å²) in [6, 6.07) is 18.1. The molecule has 0 aliphatic heterocycles. The summed E-state index contributed by atoms with van der Waals surface area (Å²) in [6.45, 7) is 0.575. The zero-order valence-corrected chi connectivity index (χ0v) is 12.8. The number of benzene rings is 2. The molecule has 116 valence electrons. The van der Waals surface area contributed by atoms with Gasteiger partial charge in [-0.1, -0.05) is 30.3 Å². The minimum absolute atomic E-state index is 0.234. The minimum Gasteiger partial charge on any atom is -0.366 e. The number of halogens is 1. The summed E-state index contributed by atoms with van der Waals surface area (Å²) in [5.41, 5.74) is 2.01. The Morgan fingerprint density at radius 3 is 2.48 bits per heavy atom. The van der Waals surface area contributed by atoms with E-state index in [0.29, 0.717) is 12.5 Å². The predicted octanol–water partition coefficient (Wildman–Crippen LogP) is 4.00. The van der Waals surface area contributed by atoms with E-state index in [1.165, 1.54) is 12.1 Å². The standard InChI is InChI=1S/C18H17FN4/c1-23(16-5-3-2-4-6-16)18-20-12-11-17(22-18)21-13-14-7-9-15(19)10-8-14/h2-12H,13H2,1H3,(H,20,21,22). The Morgan fingerprint density at radius 2 is 1.74 bits per heavy atom. The number of para-hydroxylation sites is 1. The lowest BCUT2D eigenvalue weighted by Gasteiger charge is -2.17. The molecule has 1 heterocycles. The van der Waals surface area contributed by atoms with Gasteiger partial charge in [-0.2, -0.15) is 4.98 Å². The molecule has 0 radical (unpaired) electrons. The van der Waals surface area contributed by atoms with Crippen LogP contribution in [0, 0.1) is 5.82 Å². The first kappa shape index (κ1) is 15.0. The van der Waals surface area contributed by atoms with Gasteiger partial charge in [0, 0.05) is 25.5 Å². The average molecular weight is 308 g/mol. The number of nitrogens with zero attached hydrogens (tertiary/aromatic N) is 3. The zero-order valence-electron chi connectivity index (χ0n) is 12.8. The van der Waals surface area contributed by atoms with E-state index in [9.17, 15) is 4.39 Å². The molecule has 0 aliphatic rings.